The van der Waals surface area contributed by atoms with Gasteiger partial charge in [-0.3, -0.25) is 14.4 Å². The van der Waals surface area contributed by atoms with Gasteiger partial charge >= 0.3 is 13.6 Å². The highest BCUT2D eigenvalue weighted by Gasteiger charge is 2.58. The van der Waals surface area contributed by atoms with Crippen LogP contribution in [-0.4, -0.2) is 55.9 Å². The number of nitrogens with one attached hydrogen (secondary N) is 4. The molecule has 2 aliphatic carbocycles. The molecule has 2 fully saturated rings. The van der Waals surface area contributed by atoms with Crippen LogP contribution in [0.25, 0.3) is 0 Å². The SMILES string of the molecule is Cc1ccc(CNC(=O)CN2C(=O)OC3(CCc4cc(N[B]NCCCCCCCCCCNC(=O)CC5CCC5)ccc43)C2=O)cc1. The van der Waals surface area contributed by atoms with E-state index in [-0.39, 0.29) is 12.5 Å². The summed E-state index contributed by atoms with van der Waals surface area (Å²) in [6.07, 6.45) is 14.2. The van der Waals surface area contributed by atoms with Crippen molar-refractivity contribution in [2.24, 2.45) is 5.92 Å². The molecule has 1 saturated heterocycles. The zero-order chi connectivity index (χ0) is 33.8. The van der Waals surface area contributed by atoms with E-state index in [1.54, 1.807) is 0 Å². The number of carbonyl (C=O) groups is 4. The van der Waals surface area contributed by atoms with Gasteiger partial charge in [-0.25, -0.2) is 9.69 Å². The van der Waals surface area contributed by atoms with E-state index in [0.717, 1.165) is 59.6 Å². The zero-order valence-electron chi connectivity index (χ0n) is 28.4. The summed E-state index contributed by atoms with van der Waals surface area (Å²) in [4.78, 5) is 51.6. The topological polar surface area (TPSA) is 129 Å². The number of benzene rings is 2. The Morgan fingerprint density at radius 2 is 1.60 bits per heavy atom. The molecule has 1 spiro atoms. The van der Waals surface area contributed by atoms with Crippen molar-refractivity contribution in [1.82, 2.24) is 20.8 Å². The summed E-state index contributed by atoms with van der Waals surface area (Å²) in [5.41, 5.74) is 3.23. The van der Waals surface area contributed by atoms with Gasteiger partial charge in [-0.15, -0.1) is 0 Å². The Bertz CT molecular complexity index is 1420. The highest BCUT2D eigenvalue weighted by atomic mass is 16.6. The van der Waals surface area contributed by atoms with Crippen molar-refractivity contribution in [2.75, 3.05) is 24.9 Å². The summed E-state index contributed by atoms with van der Waals surface area (Å²) in [6, 6.07) is 13.5. The van der Waals surface area contributed by atoms with Crippen molar-refractivity contribution >= 4 is 37.1 Å². The molecule has 1 aliphatic heterocycles. The number of hydrogen-bond donors (Lipinski definition) is 4. The van der Waals surface area contributed by atoms with Crippen LogP contribution in [-0.2, 0) is 37.7 Å². The Morgan fingerprint density at radius 3 is 2.31 bits per heavy atom. The predicted molar refractivity (Wildman–Crippen MR) is 187 cm³/mol. The van der Waals surface area contributed by atoms with Crippen LogP contribution in [0.1, 0.15) is 106 Å². The fraction of sp³-hybridized carbons (Fsp3) is 0.568. The lowest BCUT2D eigenvalue weighted by molar-refractivity contribution is -0.139. The average molecular weight is 657 g/mol. The Balaban J connectivity index is 0.921. The minimum atomic E-state index is -1.36. The molecule has 257 valence electrons. The second-order valence-corrected chi connectivity index (χ2v) is 13.6. The van der Waals surface area contributed by atoms with Crippen molar-refractivity contribution in [3.8, 4) is 0 Å². The summed E-state index contributed by atoms with van der Waals surface area (Å²) in [7, 11) is 1.84. The van der Waals surface area contributed by atoms with Gasteiger partial charge in [-0.1, -0.05) is 80.8 Å². The Morgan fingerprint density at radius 1 is 0.896 bits per heavy atom. The van der Waals surface area contributed by atoms with Gasteiger partial charge in [0.25, 0.3) is 5.91 Å². The van der Waals surface area contributed by atoms with Crippen molar-refractivity contribution in [1.29, 1.82) is 0 Å². The number of unbranched alkanes of at least 4 members (excludes halogenated alkanes) is 7. The minimum Gasteiger partial charge on any atom is -0.427 e. The molecule has 0 aromatic heterocycles. The van der Waals surface area contributed by atoms with Gasteiger partial charge in [0, 0.05) is 37.2 Å². The fourth-order valence-electron chi connectivity index (χ4n) is 6.73. The summed E-state index contributed by atoms with van der Waals surface area (Å²) in [5, 5.41) is 12.5. The molecule has 48 heavy (non-hydrogen) atoms. The van der Waals surface area contributed by atoms with E-state index < -0.39 is 23.5 Å². The van der Waals surface area contributed by atoms with Crippen molar-refractivity contribution < 1.29 is 23.9 Å². The number of aryl methyl sites for hydroxylation is 2. The number of nitrogens with zero attached hydrogens (tertiary/aromatic N) is 1. The van der Waals surface area contributed by atoms with E-state index in [4.69, 9.17) is 4.74 Å². The first-order valence-corrected chi connectivity index (χ1v) is 17.9. The molecular formula is C37H51BN5O5. The second-order valence-electron chi connectivity index (χ2n) is 13.6. The Labute approximate surface area is 285 Å². The van der Waals surface area contributed by atoms with Crippen molar-refractivity contribution in [3.63, 3.8) is 0 Å². The largest absolute Gasteiger partial charge is 0.427 e. The van der Waals surface area contributed by atoms with Crippen molar-refractivity contribution in [3.05, 3.63) is 64.7 Å². The minimum absolute atomic E-state index is 0.235. The summed E-state index contributed by atoms with van der Waals surface area (Å²) in [6.45, 7) is 3.65. The summed E-state index contributed by atoms with van der Waals surface area (Å²) >= 11 is 0. The molecular weight excluding hydrogens is 605 g/mol. The maximum Gasteiger partial charge on any atom is 0.418 e. The van der Waals surface area contributed by atoms with Gasteiger partial charge < -0.3 is 25.8 Å². The molecule has 4 amide bonds. The number of carbonyl (C=O) groups excluding carboxylic acids is 4. The van der Waals surface area contributed by atoms with Gasteiger partial charge in [-0.2, -0.15) is 0 Å². The van der Waals surface area contributed by atoms with Crippen LogP contribution >= 0.6 is 0 Å². The monoisotopic (exact) mass is 656 g/mol. The van der Waals surface area contributed by atoms with Crippen LogP contribution in [0.4, 0.5) is 10.5 Å². The summed E-state index contributed by atoms with van der Waals surface area (Å²) in [5.74, 6) is -0.0208. The Kier molecular flexibility index (Phi) is 12.9. The number of rotatable bonds is 20. The van der Waals surface area contributed by atoms with Gasteiger partial charge in [0.2, 0.25) is 17.4 Å². The molecule has 5 rings (SSSR count). The maximum atomic E-state index is 13.5. The predicted octanol–water partition coefficient (Wildman–Crippen LogP) is 5.39. The molecule has 1 unspecified atom stereocenters. The van der Waals surface area contributed by atoms with Crippen LogP contribution < -0.4 is 21.1 Å². The van der Waals surface area contributed by atoms with Crippen LogP contribution in [0.2, 0.25) is 0 Å². The van der Waals surface area contributed by atoms with Gasteiger partial charge in [-0.05, 0) is 74.8 Å². The standard InChI is InChI=1S/C37H51BN5O5/c1-27-13-15-29(16-14-27)25-40-34(45)26-43-35(46)37(48-36(43)47)20-19-30-24-31(17-18-32(30)37)42-38-41-22-9-7-5-3-2-4-6-8-21-39-33(44)23-28-11-10-12-28/h13-18,24,28,41-42H,2-12,19-23,25-26H2,1H3,(H,39,44)(H,40,45). The van der Waals surface area contributed by atoms with Crippen LogP contribution in [0.5, 0.6) is 0 Å². The van der Waals surface area contributed by atoms with E-state index >= 15 is 0 Å². The molecule has 1 heterocycles. The molecule has 1 atom stereocenters. The first kappa shape index (κ1) is 35.5. The molecule has 11 heteroatoms. The number of imide groups is 1. The lowest BCUT2D eigenvalue weighted by Crippen LogP contribution is -2.43. The van der Waals surface area contributed by atoms with E-state index in [2.05, 4.69) is 21.1 Å². The van der Waals surface area contributed by atoms with Gasteiger partial charge in [0.05, 0.1) is 0 Å². The van der Waals surface area contributed by atoms with E-state index in [1.807, 2.05) is 56.9 Å². The first-order valence-electron chi connectivity index (χ1n) is 17.9. The quantitative estimate of drug-likeness (QED) is 0.111. The molecule has 1 saturated carbocycles. The number of hydrogen-bond acceptors (Lipinski definition) is 7. The molecule has 3 aliphatic rings. The molecule has 4 N–H and O–H groups in total. The average Bonchev–Trinajstić information content (AvgIpc) is 3.54. The maximum absolute atomic E-state index is 13.5. The number of fused-ring (bicyclic) bond motifs is 2. The highest BCUT2D eigenvalue weighted by molar-refractivity contribution is 6.37. The third kappa shape index (κ3) is 9.61. The molecule has 1 radical (unpaired) electrons. The first-order chi connectivity index (χ1) is 23.3. The third-order valence-corrected chi connectivity index (χ3v) is 9.88. The van der Waals surface area contributed by atoms with Crippen molar-refractivity contribution in [2.45, 2.75) is 109 Å². The van der Waals surface area contributed by atoms with Gasteiger partial charge in [0.15, 0.2) is 0 Å². The van der Waals surface area contributed by atoms with Crippen LogP contribution in [0.3, 0.4) is 0 Å². The third-order valence-electron chi connectivity index (χ3n) is 9.88. The van der Waals surface area contributed by atoms with E-state index in [1.165, 1.54) is 57.8 Å². The fourth-order valence-corrected chi connectivity index (χ4v) is 6.73. The summed E-state index contributed by atoms with van der Waals surface area (Å²) < 4.78 is 5.69. The number of amides is 4. The zero-order valence-corrected chi connectivity index (χ0v) is 28.4. The Hall–Kier alpha value is -3.86. The van der Waals surface area contributed by atoms with Crippen LogP contribution in [0.15, 0.2) is 42.5 Å². The molecule has 2 aromatic rings. The number of anilines is 1. The lowest BCUT2D eigenvalue weighted by Gasteiger charge is -2.24. The normalized spacial score (nSPS) is 18.4. The number of ether oxygens (including phenoxy) is 1. The lowest BCUT2D eigenvalue weighted by atomic mass is 9.83. The molecule has 10 nitrogen and oxygen atoms in total. The molecule has 0 bridgehead atoms. The van der Waals surface area contributed by atoms with Crippen LogP contribution in [0, 0.1) is 12.8 Å². The second kappa shape index (κ2) is 17.5. The van der Waals surface area contributed by atoms with E-state index in [9.17, 15) is 19.2 Å². The van der Waals surface area contributed by atoms with E-state index in [0.29, 0.717) is 30.9 Å². The highest BCUT2D eigenvalue weighted by Crippen LogP contribution is 2.46. The van der Waals surface area contributed by atoms with Gasteiger partial charge in [0.1, 0.15) is 6.54 Å². The smallest absolute Gasteiger partial charge is 0.418 e. The molecule has 2 aromatic carbocycles.